The number of hydrogen-bond donors (Lipinski definition) is 11. The fourth-order valence-corrected chi connectivity index (χ4v) is 4.06. The van der Waals surface area contributed by atoms with Gasteiger partial charge < -0.3 is 79.9 Å². The van der Waals surface area contributed by atoms with Gasteiger partial charge in [0.1, 0.15) is 73.2 Å². The zero-order valence-electron chi connectivity index (χ0n) is 17.7. The van der Waals surface area contributed by atoms with Crippen molar-refractivity contribution in [1.29, 1.82) is 0 Å². The normalized spacial score (nSPS) is 52.5. The van der Waals surface area contributed by atoms with Gasteiger partial charge in [-0.05, 0) is 0 Å². The maximum absolute atomic E-state index is 10.6. The first-order valence-corrected chi connectivity index (χ1v) is 10.6. The van der Waals surface area contributed by atoms with Crippen LogP contribution in [0.1, 0.15) is 0 Å². The molecule has 0 radical (unpaired) electrons. The lowest BCUT2D eigenvalue weighted by molar-refractivity contribution is -0.377. The highest BCUT2D eigenvalue weighted by atomic mass is 16.8. The molecule has 0 bridgehead atoms. The second-order valence-corrected chi connectivity index (χ2v) is 8.33. The Morgan fingerprint density at radius 3 is 1.35 bits per heavy atom. The Labute approximate surface area is 192 Å². The van der Waals surface area contributed by atoms with E-state index in [0.29, 0.717) is 0 Å². The van der Waals surface area contributed by atoms with Gasteiger partial charge in [-0.1, -0.05) is 0 Å². The quantitative estimate of drug-likeness (QED) is 0.154. The molecule has 0 aromatic carbocycles. The van der Waals surface area contributed by atoms with E-state index >= 15 is 0 Å². The van der Waals surface area contributed by atoms with Gasteiger partial charge in [-0.25, -0.2) is 0 Å². The third kappa shape index (κ3) is 5.37. The molecule has 15 atom stereocenters. The molecule has 0 spiro atoms. The third-order valence-corrected chi connectivity index (χ3v) is 6.09. The molecule has 3 heterocycles. The molecule has 3 aliphatic rings. The van der Waals surface area contributed by atoms with Crippen molar-refractivity contribution in [2.24, 2.45) is 0 Å². The van der Waals surface area contributed by atoms with Crippen LogP contribution in [-0.4, -0.2) is 168 Å². The van der Waals surface area contributed by atoms with E-state index in [1.807, 2.05) is 0 Å². The van der Waals surface area contributed by atoms with E-state index in [1.54, 1.807) is 0 Å². The van der Waals surface area contributed by atoms with E-state index in [0.717, 1.165) is 0 Å². The van der Waals surface area contributed by atoms with Gasteiger partial charge in [0, 0.05) is 0 Å². The van der Waals surface area contributed by atoms with Crippen LogP contribution in [0, 0.1) is 0 Å². The molecule has 11 N–H and O–H groups in total. The smallest absolute Gasteiger partial charge is 0.187 e. The van der Waals surface area contributed by atoms with Crippen molar-refractivity contribution in [3.8, 4) is 0 Å². The van der Waals surface area contributed by atoms with Crippen molar-refractivity contribution < 1.29 is 79.9 Å². The van der Waals surface area contributed by atoms with Crippen LogP contribution in [0.4, 0.5) is 0 Å². The average Bonchev–Trinajstić information content (AvgIpc) is 2.83. The fraction of sp³-hybridized carbons (Fsp3) is 1.00. The van der Waals surface area contributed by atoms with E-state index in [-0.39, 0.29) is 0 Å². The maximum Gasteiger partial charge on any atom is 0.187 e. The number of hydrogen-bond acceptors (Lipinski definition) is 16. The Morgan fingerprint density at radius 1 is 0.441 bits per heavy atom. The van der Waals surface area contributed by atoms with Crippen molar-refractivity contribution in [1.82, 2.24) is 0 Å². The molecule has 0 saturated carbocycles. The van der Waals surface area contributed by atoms with Crippen LogP contribution >= 0.6 is 0 Å². The van der Waals surface area contributed by atoms with Gasteiger partial charge in [-0.2, -0.15) is 0 Å². The first kappa shape index (κ1) is 27.9. The van der Waals surface area contributed by atoms with Gasteiger partial charge in [0.05, 0.1) is 19.8 Å². The summed E-state index contributed by atoms with van der Waals surface area (Å²) in [6.07, 6.45) is -25.1. The molecule has 3 aliphatic heterocycles. The minimum atomic E-state index is -1.91. The van der Waals surface area contributed by atoms with Crippen molar-refractivity contribution >= 4 is 0 Å². The Kier molecular flexibility index (Phi) is 9.54. The summed E-state index contributed by atoms with van der Waals surface area (Å²) < 4.78 is 26.4. The molecule has 0 aromatic heterocycles. The van der Waals surface area contributed by atoms with Crippen LogP contribution in [0.25, 0.3) is 0 Å². The first-order valence-electron chi connectivity index (χ1n) is 10.6. The van der Waals surface area contributed by atoms with Crippen LogP contribution in [0.15, 0.2) is 0 Å². The van der Waals surface area contributed by atoms with E-state index in [2.05, 4.69) is 0 Å². The second kappa shape index (κ2) is 11.6. The van der Waals surface area contributed by atoms with Crippen LogP contribution in [0.2, 0.25) is 0 Å². The average molecular weight is 504 g/mol. The highest BCUT2D eigenvalue weighted by Crippen LogP contribution is 2.32. The molecule has 3 saturated heterocycles. The topological polar surface area (TPSA) is 269 Å². The highest BCUT2D eigenvalue weighted by molar-refractivity contribution is 4.96. The van der Waals surface area contributed by atoms with Crippen molar-refractivity contribution in [3.05, 3.63) is 0 Å². The lowest BCUT2D eigenvalue weighted by atomic mass is 9.96. The number of aliphatic hydroxyl groups is 11. The maximum atomic E-state index is 10.6. The van der Waals surface area contributed by atoms with Crippen molar-refractivity contribution in [2.75, 3.05) is 19.8 Å². The molecule has 0 amide bonds. The summed E-state index contributed by atoms with van der Waals surface area (Å²) in [6.45, 7) is -2.32. The molecule has 16 heteroatoms. The van der Waals surface area contributed by atoms with Crippen LogP contribution < -0.4 is 0 Å². The van der Waals surface area contributed by atoms with Gasteiger partial charge in [0.2, 0.25) is 0 Å². The Balaban J connectivity index is 1.72. The summed E-state index contributed by atoms with van der Waals surface area (Å²) in [6, 6.07) is 0. The van der Waals surface area contributed by atoms with Gasteiger partial charge in [-0.3, -0.25) is 0 Å². The molecular formula is C18H32O16. The second-order valence-electron chi connectivity index (χ2n) is 8.33. The van der Waals surface area contributed by atoms with Gasteiger partial charge in [-0.15, -0.1) is 0 Å². The number of aliphatic hydroxyl groups excluding tert-OH is 11. The predicted molar refractivity (Wildman–Crippen MR) is 101 cm³/mol. The summed E-state index contributed by atoms with van der Waals surface area (Å²) in [7, 11) is 0. The molecular weight excluding hydrogens is 472 g/mol. The van der Waals surface area contributed by atoms with E-state index in [1.165, 1.54) is 0 Å². The minimum absolute atomic E-state index is 0.741. The predicted octanol–water partition coefficient (Wildman–Crippen LogP) is -7.57. The zero-order chi connectivity index (χ0) is 25.3. The summed E-state index contributed by atoms with van der Waals surface area (Å²) in [5.41, 5.74) is 0. The third-order valence-electron chi connectivity index (χ3n) is 6.09. The monoisotopic (exact) mass is 504 g/mol. The van der Waals surface area contributed by atoms with Gasteiger partial charge in [0.15, 0.2) is 18.9 Å². The first-order chi connectivity index (χ1) is 16.0. The summed E-state index contributed by atoms with van der Waals surface area (Å²) in [5, 5.41) is 109. The SMILES string of the molecule is OC[C@@H]1O[C@@H](O[C@@H]2[C@@H](O)[C@H](O)[C@H](O[C@@H]3[C@@H](O)[C@H](O)[C@@H](O)O[C@H]3CO)O[C@H]2CO)[C@@H](O)[C@H](O)[C@H]1O. The standard InChI is InChI=1S/C18H32O16/c19-1-4-7(22)8(23)12(27)17(31-4)34-15-6(3-21)32-18(13(28)10(15)25)33-14-5(2-20)30-16(29)11(26)9(14)24/h4-29H,1-3H2/t4-,5-,6-,7-,8+,9-,10-,11-,12-,13-,14-,15-,16-,17-,18-/m0/s1. The molecule has 200 valence electrons. The van der Waals surface area contributed by atoms with Crippen LogP contribution in [0.3, 0.4) is 0 Å². The lowest BCUT2D eigenvalue weighted by Gasteiger charge is -2.47. The lowest BCUT2D eigenvalue weighted by Crippen LogP contribution is -2.66. The van der Waals surface area contributed by atoms with Gasteiger partial charge in [0.25, 0.3) is 0 Å². The van der Waals surface area contributed by atoms with Crippen LogP contribution in [-0.2, 0) is 23.7 Å². The number of rotatable bonds is 7. The van der Waals surface area contributed by atoms with Gasteiger partial charge >= 0.3 is 0 Å². The van der Waals surface area contributed by atoms with E-state index < -0.39 is 112 Å². The summed E-state index contributed by atoms with van der Waals surface area (Å²) in [4.78, 5) is 0. The summed E-state index contributed by atoms with van der Waals surface area (Å²) in [5.74, 6) is 0. The van der Waals surface area contributed by atoms with Crippen LogP contribution in [0.5, 0.6) is 0 Å². The number of ether oxygens (including phenoxy) is 5. The molecule has 0 aromatic rings. The fourth-order valence-electron chi connectivity index (χ4n) is 4.06. The Bertz CT molecular complexity index is 635. The molecule has 3 fully saturated rings. The molecule has 0 aliphatic carbocycles. The Morgan fingerprint density at radius 2 is 0.853 bits per heavy atom. The van der Waals surface area contributed by atoms with Crippen molar-refractivity contribution in [3.63, 3.8) is 0 Å². The molecule has 16 nitrogen and oxygen atoms in total. The minimum Gasteiger partial charge on any atom is -0.394 e. The largest absolute Gasteiger partial charge is 0.394 e. The summed E-state index contributed by atoms with van der Waals surface area (Å²) >= 11 is 0. The highest BCUT2D eigenvalue weighted by Gasteiger charge is 2.53. The molecule has 0 unspecified atom stereocenters. The Hall–Kier alpha value is -0.640. The molecule has 3 rings (SSSR count). The van der Waals surface area contributed by atoms with E-state index in [9.17, 15) is 56.2 Å². The van der Waals surface area contributed by atoms with Crippen molar-refractivity contribution in [2.45, 2.75) is 92.1 Å². The van der Waals surface area contributed by atoms with E-state index in [4.69, 9.17) is 23.7 Å². The molecule has 34 heavy (non-hydrogen) atoms. The zero-order valence-corrected chi connectivity index (χ0v) is 17.7.